The monoisotopic (exact) mass is 405 g/mol. The number of hydrogen-bond acceptors (Lipinski definition) is 5. The maximum atomic E-state index is 13.1. The second kappa shape index (κ2) is 7.89. The van der Waals surface area contributed by atoms with E-state index in [0.29, 0.717) is 16.4 Å². The van der Waals surface area contributed by atoms with Crippen molar-refractivity contribution < 1.29 is 9.53 Å². The first kappa shape index (κ1) is 18.9. The number of amides is 1. The summed E-state index contributed by atoms with van der Waals surface area (Å²) < 4.78 is 6.75. The van der Waals surface area contributed by atoms with Crippen LogP contribution in [-0.2, 0) is 0 Å². The van der Waals surface area contributed by atoms with Crippen LogP contribution in [0.4, 0.5) is 0 Å². The molecule has 2 aromatic carbocycles. The van der Waals surface area contributed by atoms with Crippen LogP contribution in [0.15, 0.2) is 71.0 Å². The molecular formula is C22H19N3O3S. The predicted octanol–water partition coefficient (Wildman–Crippen LogP) is 3.92. The Morgan fingerprint density at radius 3 is 2.72 bits per heavy atom. The number of rotatable bonds is 5. The summed E-state index contributed by atoms with van der Waals surface area (Å²) in [6.45, 7) is 1.88. The van der Waals surface area contributed by atoms with Gasteiger partial charge < -0.3 is 10.1 Å². The SMILES string of the molecule is COc1cccc(-c2csc3ncc(C(=O)NC(C)c4ccccc4)c(=O)n23)c1. The van der Waals surface area contributed by atoms with Crippen molar-refractivity contribution in [2.45, 2.75) is 13.0 Å². The molecule has 6 nitrogen and oxygen atoms in total. The molecule has 0 bridgehead atoms. The van der Waals surface area contributed by atoms with Crippen molar-refractivity contribution in [3.63, 3.8) is 0 Å². The number of thiazole rings is 1. The van der Waals surface area contributed by atoms with Crippen LogP contribution in [0.5, 0.6) is 5.75 Å². The van der Waals surface area contributed by atoms with Crippen LogP contribution in [0.25, 0.3) is 16.2 Å². The summed E-state index contributed by atoms with van der Waals surface area (Å²) in [7, 11) is 1.59. The number of ether oxygens (including phenoxy) is 1. The number of methoxy groups -OCH3 is 1. The lowest BCUT2D eigenvalue weighted by Crippen LogP contribution is -2.33. The highest BCUT2D eigenvalue weighted by Crippen LogP contribution is 2.27. The second-order valence-corrected chi connectivity index (χ2v) is 7.39. The number of nitrogens with one attached hydrogen (secondary N) is 1. The molecule has 2 aromatic heterocycles. The molecule has 0 aliphatic carbocycles. The average Bonchev–Trinajstić information content (AvgIpc) is 3.19. The Balaban J connectivity index is 1.72. The van der Waals surface area contributed by atoms with Crippen LogP contribution in [0.3, 0.4) is 0 Å². The van der Waals surface area contributed by atoms with Crippen LogP contribution in [-0.4, -0.2) is 22.4 Å². The molecule has 0 fully saturated rings. The van der Waals surface area contributed by atoms with E-state index in [2.05, 4.69) is 10.3 Å². The van der Waals surface area contributed by atoms with Gasteiger partial charge in [0.2, 0.25) is 0 Å². The summed E-state index contributed by atoms with van der Waals surface area (Å²) in [4.78, 5) is 30.8. The first-order chi connectivity index (χ1) is 14.1. The number of aromatic nitrogens is 2. The molecule has 0 radical (unpaired) electrons. The zero-order valence-corrected chi connectivity index (χ0v) is 16.8. The Labute approximate surface area is 171 Å². The van der Waals surface area contributed by atoms with Crippen molar-refractivity contribution in [2.75, 3.05) is 7.11 Å². The van der Waals surface area contributed by atoms with Gasteiger partial charge in [-0.1, -0.05) is 42.5 Å². The van der Waals surface area contributed by atoms with Crippen LogP contribution < -0.4 is 15.6 Å². The van der Waals surface area contributed by atoms with Gasteiger partial charge in [0, 0.05) is 17.1 Å². The third-order valence-electron chi connectivity index (χ3n) is 4.70. The molecule has 2 heterocycles. The summed E-state index contributed by atoms with van der Waals surface area (Å²) in [6.07, 6.45) is 1.34. The Morgan fingerprint density at radius 2 is 1.97 bits per heavy atom. The number of carbonyl (C=O) groups is 1. The summed E-state index contributed by atoms with van der Waals surface area (Å²) in [5.41, 5.74) is 2.06. The molecule has 29 heavy (non-hydrogen) atoms. The number of fused-ring (bicyclic) bond motifs is 1. The van der Waals surface area contributed by atoms with E-state index < -0.39 is 11.5 Å². The molecule has 7 heteroatoms. The van der Waals surface area contributed by atoms with Gasteiger partial charge in [0.05, 0.1) is 18.8 Å². The standard InChI is InChI=1S/C22H19N3O3S/c1-14(15-7-4-3-5-8-15)24-20(26)18-12-23-22-25(21(18)27)19(13-29-22)16-9-6-10-17(11-16)28-2/h3-14H,1-2H3,(H,24,26). The summed E-state index contributed by atoms with van der Waals surface area (Å²) in [5.74, 6) is 0.240. The molecule has 146 valence electrons. The van der Waals surface area contributed by atoms with E-state index in [9.17, 15) is 9.59 Å². The maximum Gasteiger partial charge on any atom is 0.271 e. The lowest BCUT2D eigenvalue weighted by molar-refractivity contribution is 0.0938. The highest BCUT2D eigenvalue weighted by Gasteiger charge is 2.19. The van der Waals surface area contributed by atoms with Crippen LogP contribution in [0, 0.1) is 0 Å². The van der Waals surface area contributed by atoms with E-state index in [0.717, 1.165) is 11.1 Å². The Bertz CT molecular complexity index is 1230. The molecule has 0 spiro atoms. The van der Waals surface area contributed by atoms with Crippen LogP contribution in [0.1, 0.15) is 28.9 Å². The van der Waals surface area contributed by atoms with Crippen molar-refractivity contribution in [2.24, 2.45) is 0 Å². The van der Waals surface area contributed by atoms with Gasteiger partial charge in [0.25, 0.3) is 11.5 Å². The Kier molecular flexibility index (Phi) is 5.14. The lowest BCUT2D eigenvalue weighted by Gasteiger charge is -2.14. The van der Waals surface area contributed by atoms with Crippen molar-refractivity contribution in [1.82, 2.24) is 14.7 Å². The third kappa shape index (κ3) is 3.64. The van der Waals surface area contributed by atoms with Gasteiger partial charge in [-0.05, 0) is 24.6 Å². The second-order valence-electron chi connectivity index (χ2n) is 6.55. The summed E-state index contributed by atoms with van der Waals surface area (Å²) >= 11 is 1.35. The molecule has 0 aliphatic heterocycles. The van der Waals surface area contributed by atoms with E-state index in [1.165, 1.54) is 21.9 Å². The predicted molar refractivity (Wildman–Crippen MR) is 114 cm³/mol. The molecule has 0 saturated carbocycles. The smallest absolute Gasteiger partial charge is 0.271 e. The fourth-order valence-corrected chi connectivity index (χ4v) is 3.99. The minimum Gasteiger partial charge on any atom is -0.497 e. The zero-order chi connectivity index (χ0) is 20.4. The van der Waals surface area contributed by atoms with Gasteiger partial charge in [-0.25, -0.2) is 4.98 Å². The van der Waals surface area contributed by atoms with Gasteiger partial charge in [0.15, 0.2) is 4.96 Å². The fraction of sp³-hybridized carbons (Fsp3) is 0.136. The van der Waals surface area contributed by atoms with Crippen molar-refractivity contribution in [3.8, 4) is 17.0 Å². The number of carbonyl (C=O) groups excluding carboxylic acids is 1. The number of benzene rings is 2. The molecule has 1 atom stereocenters. The highest BCUT2D eigenvalue weighted by atomic mass is 32.1. The van der Waals surface area contributed by atoms with Gasteiger partial charge in [-0.3, -0.25) is 14.0 Å². The van der Waals surface area contributed by atoms with Crippen molar-refractivity contribution in [1.29, 1.82) is 0 Å². The molecule has 0 aliphatic rings. The topological polar surface area (TPSA) is 72.7 Å². The Hall–Kier alpha value is -3.45. The maximum absolute atomic E-state index is 13.1. The first-order valence-electron chi connectivity index (χ1n) is 9.08. The molecule has 0 saturated heterocycles. The minimum atomic E-state index is -0.448. The molecule has 1 amide bonds. The first-order valence-corrected chi connectivity index (χ1v) is 9.96. The van der Waals surface area contributed by atoms with E-state index >= 15 is 0 Å². The van der Waals surface area contributed by atoms with Gasteiger partial charge in [0.1, 0.15) is 11.3 Å². The number of nitrogens with zero attached hydrogens (tertiary/aromatic N) is 2. The summed E-state index contributed by atoms with van der Waals surface area (Å²) in [6, 6.07) is 16.8. The van der Waals surface area contributed by atoms with Crippen LogP contribution in [0.2, 0.25) is 0 Å². The van der Waals surface area contributed by atoms with Gasteiger partial charge >= 0.3 is 0 Å². The van der Waals surface area contributed by atoms with E-state index in [-0.39, 0.29) is 11.6 Å². The van der Waals surface area contributed by atoms with Crippen molar-refractivity contribution >= 4 is 22.2 Å². The highest BCUT2D eigenvalue weighted by molar-refractivity contribution is 7.15. The largest absolute Gasteiger partial charge is 0.497 e. The minimum absolute atomic E-state index is 0.00725. The lowest BCUT2D eigenvalue weighted by atomic mass is 10.1. The fourth-order valence-electron chi connectivity index (χ4n) is 3.13. The third-order valence-corrected chi connectivity index (χ3v) is 5.54. The summed E-state index contributed by atoms with van der Waals surface area (Å²) in [5, 5.41) is 4.73. The van der Waals surface area contributed by atoms with E-state index in [1.54, 1.807) is 7.11 Å². The molecule has 4 aromatic rings. The van der Waals surface area contributed by atoms with E-state index in [1.807, 2.05) is 66.9 Å². The average molecular weight is 405 g/mol. The molecule has 1 N–H and O–H groups in total. The molecule has 1 unspecified atom stereocenters. The van der Waals surface area contributed by atoms with Gasteiger partial charge in [-0.15, -0.1) is 11.3 Å². The van der Waals surface area contributed by atoms with E-state index in [4.69, 9.17) is 4.74 Å². The quantitative estimate of drug-likeness (QED) is 0.546. The zero-order valence-electron chi connectivity index (χ0n) is 16.0. The van der Waals surface area contributed by atoms with Crippen molar-refractivity contribution in [3.05, 3.63) is 87.7 Å². The number of hydrogen-bond donors (Lipinski definition) is 1. The van der Waals surface area contributed by atoms with Gasteiger partial charge in [-0.2, -0.15) is 0 Å². The normalized spacial score (nSPS) is 11.9. The molecule has 4 rings (SSSR count). The van der Waals surface area contributed by atoms with Crippen LogP contribution >= 0.6 is 11.3 Å². The molecular weight excluding hydrogens is 386 g/mol. The Morgan fingerprint density at radius 1 is 1.17 bits per heavy atom.